The first-order valence-corrected chi connectivity index (χ1v) is 8.04. The Labute approximate surface area is 127 Å². The van der Waals surface area contributed by atoms with Crippen LogP contribution in [-0.2, 0) is 0 Å². The summed E-state index contributed by atoms with van der Waals surface area (Å²) in [6, 6.07) is 8.69. The van der Waals surface area contributed by atoms with Crippen LogP contribution in [0.1, 0.15) is 44.4 Å². The minimum atomic E-state index is -0.153. The van der Waals surface area contributed by atoms with E-state index < -0.39 is 0 Å². The number of aliphatic hydroxyl groups excluding tert-OH is 1. The molecule has 0 amide bonds. The van der Waals surface area contributed by atoms with Gasteiger partial charge in [-0.25, -0.2) is 0 Å². The fraction of sp³-hybridized carbons (Fsp3) is 0.500. The quantitative estimate of drug-likeness (QED) is 0.884. The van der Waals surface area contributed by atoms with Crippen LogP contribution in [0, 0.1) is 0 Å². The zero-order valence-electron chi connectivity index (χ0n) is 11.6. The Morgan fingerprint density at radius 3 is 3.00 bits per heavy atom. The van der Waals surface area contributed by atoms with Crippen molar-refractivity contribution < 1.29 is 9.52 Å². The van der Waals surface area contributed by atoms with Gasteiger partial charge in [0.05, 0.1) is 12.1 Å². The van der Waals surface area contributed by atoms with E-state index in [9.17, 15) is 5.11 Å². The van der Waals surface area contributed by atoms with Crippen molar-refractivity contribution in [1.82, 2.24) is 5.32 Å². The zero-order valence-corrected chi connectivity index (χ0v) is 13.2. The highest BCUT2D eigenvalue weighted by molar-refractivity contribution is 9.10. The Morgan fingerprint density at radius 1 is 1.35 bits per heavy atom. The highest BCUT2D eigenvalue weighted by atomic mass is 79.9. The molecule has 0 aliphatic heterocycles. The second-order valence-corrected chi connectivity index (χ2v) is 6.65. The van der Waals surface area contributed by atoms with Gasteiger partial charge in [0.15, 0.2) is 0 Å². The lowest BCUT2D eigenvalue weighted by Crippen LogP contribution is -2.37. The molecule has 1 aromatic heterocycles. The van der Waals surface area contributed by atoms with E-state index in [0.29, 0.717) is 6.04 Å². The van der Waals surface area contributed by atoms with Gasteiger partial charge in [0.1, 0.15) is 11.3 Å². The third kappa shape index (κ3) is 3.08. The summed E-state index contributed by atoms with van der Waals surface area (Å²) >= 11 is 3.48. The minimum absolute atomic E-state index is 0.153. The van der Waals surface area contributed by atoms with Crippen molar-refractivity contribution in [3.05, 3.63) is 34.5 Å². The van der Waals surface area contributed by atoms with E-state index in [-0.39, 0.29) is 12.1 Å². The van der Waals surface area contributed by atoms with E-state index in [2.05, 4.69) is 40.3 Å². The van der Waals surface area contributed by atoms with E-state index in [1.807, 2.05) is 12.1 Å². The summed E-state index contributed by atoms with van der Waals surface area (Å²) < 4.78 is 6.97. The Balaban J connectivity index is 1.73. The van der Waals surface area contributed by atoms with Gasteiger partial charge >= 0.3 is 0 Å². The number of nitrogens with one attached hydrogen (secondary N) is 1. The standard InChI is InChI=1S/C16H20BrNO2/c1-10(18-13-3-2-4-14(19)9-13)16-8-11-7-12(17)5-6-15(11)20-16/h5-8,10,13-14,18-19H,2-4,9H2,1H3. The number of furan rings is 1. The molecule has 1 saturated carbocycles. The fourth-order valence-corrected chi connectivity index (χ4v) is 3.38. The Bertz CT molecular complexity index is 595. The van der Waals surface area contributed by atoms with Gasteiger partial charge in [0.2, 0.25) is 0 Å². The molecule has 3 unspecified atom stereocenters. The SMILES string of the molecule is CC(NC1CCCC(O)C1)c1cc2cc(Br)ccc2o1. The first-order chi connectivity index (χ1) is 9.61. The van der Waals surface area contributed by atoms with Crippen LogP contribution in [0.3, 0.4) is 0 Å². The lowest BCUT2D eigenvalue weighted by molar-refractivity contribution is 0.108. The number of rotatable bonds is 3. The molecular weight excluding hydrogens is 318 g/mol. The fourth-order valence-electron chi connectivity index (χ4n) is 3.00. The number of halogens is 1. The van der Waals surface area contributed by atoms with Crippen LogP contribution >= 0.6 is 15.9 Å². The van der Waals surface area contributed by atoms with Crippen molar-refractivity contribution >= 4 is 26.9 Å². The molecule has 0 spiro atoms. The molecule has 3 atom stereocenters. The highest BCUT2D eigenvalue weighted by Crippen LogP contribution is 2.28. The largest absolute Gasteiger partial charge is 0.459 e. The van der Waals surface area contributed by atoms with Gasteiger partial charge < -0.3 is 14.8 Å². The Hall–Kier alpha value is -0.840. The van der Waals surface area contributed by atoms with Crippen molar-refractivity contribution in [2.75, 3.05) is 0 Å². The Morgan fingerprint density at radius 2 is 2.20 bits per heavy atom. The molecule has 1 aromatic carbocycles. The van der Waals surface area contributed by atoms with Gasteiger partial charge in [0, 0.05) is 15.9 Å². The van der Waals surface area contributed by atoms with E-state index in [1.165, 1.54) is 0 Å². The summed E-state index contributed by atoms with van der Waals surface area (Å²) in [6.45, 7) is 2.12. The molecule has 1 heterocycles. The third-order valence-electron chi connectivity index (χ3n) is 4.06. The van der Waals surface area contributed by atoms with Crippen molar-refractivity contribution in [3.63, 3.8) is 0 Å². The van der Waals surface area contributed by atoms with Crippen LogP contribution in [0.2, 0.25) is 0 Å². The second kappa shape index (κ2) is 5.88. The number of benzene rings is 1. The minimum Gasteiger partial charge on any atom is -0.459 e. The molecule has 20 heavy (non-hydrogen) atoms. The van der Waals surface area contributed by atoms with Crippen LogP contribution < -0.4 is 5.32 Å². The summed E-state index contributed by atoms with van der Waals surface area (Å²) in [5.41, 5.74) is 0.917. The molecule has 0 radical (unpaired) electrons. The molecular formula is C16H20BrNO2. The highest BCUT2D eigenvalue weighted by Gasteiger charge is 2.22. The van der Waals surface area contributed by atoms with E-state index in [4.69, 9.17) is 4.42 Å². The molecule has 0 saturated heterocycles. The van der Waals surface area contributed by atoms with Crippen molar-refractivity contribution in [1.29, 1.82) is 0 Å². The normalized spacial score (nSPS) is 24.9. The molecule has 2 aromatic rings. The van der Waals surface area contributed by atoms with Crippen LogP contribution in [0.5, 0.6) is 0 Å². The van der Waals surface area contributed by atoms with Gasteiger partial charge in [-0.1, -0.05) is 15.9 Å². The average Bonchev–Trinajstić information content (AvgIpc) is 2.81. The summed E-state index contributed by atoms with van der Waals surface area (Å²) in [7, 11) is 0. The third-order valence-corrected chi connectivity index (χ3v) is 4.55. The average molecular weight is 338 g/mol. The topological polar surface area (TPSA) is 45.4 Å². The summed E-state index contributed by atoms with van der Waals surface area (Å²) in [5, 5.41) is 14.4. The maximum atomic E-state index is 9.74. The van der Waals surface area contributed by atoms with Gasteiger partial charge in [-0.05, 0) is 56.9 Å². The molecule has 1 aliphatic rings. The Kier molecular flexibility index (Phi) is 4.15. The molecule has 2 N–H and O–H groups in total. The predicted octanol–water partition coefficient (Wildman–Crippen LogP) is 4.15. The summed E-state index contributed by atoms with van der Waals surface area (Å²) in [4.78, 5) is 0. The second-order valence-electron chi connectivity index (χ2n) is 5.74. The lowest BCUT2D eigenvalue weighted by Gasteiger charge is -2.28. The molecule has 1 aliphatic carbocycles. The van der Waals surface area contributed by atoms with Crippen LogP contribution in [0.4, 0.5) is 0 Å². The van der Waals surface area contributed by atoms with Crippen LogP contribution in [-0.4, -0.2) is 17.3 Å². The summed E-state index contributed by atoms with van der Waals surface area (Å²) in [5.74, 6) is 0.957. The number of aliphatic hydroxyl groups is 1. The monoisotopic (exact) mass is 337 g/mol. The predicted molar refractivity (Wildman–Crippen MR) is 83.7 cm³/mol. The number of hydrogen-bond acceptors (Lipinski definition) is 3. The molecule has 0 bridgehead atoms. The number of hydrogen-bond donors (Lipinski definition) is 2. The van der Waals surface area contributed by atoms with Crippen LogP contribution in [0.25, 0.3) is 11.0 Å². The van der Waals surface area contributed by atoms with Crippen molar-refractivity contribution in [3.8, 4) is 0 Å². The first kappa shape index (κ1) is 14.1. The molecule has 1 fully saturated rings. The van der Waals surface area contributed by atoms with Gasteiger partial charge in [-0.2, -0.15) is 0 Å². The molecule has 3 nitrogen and oxygen atoms in total. The number of fused-ring (bicyclic) bond motifs is 1. The first-order valence-electron chi connectivity index (χ1n) is 7.25. The smallest absolute Gasteiger partial charge is 0.134 e. The lowest BCUT2D eigenvalue weighted by atomic mass is 9.92. The van der Waals surface area contributed by atoms with Crippen molar-refractivity contribution in [2.24, 2.45) is 0 Å². The zero-order chi connectivity index (χ0) is 14.1. The maximum Gasteiger partial charge on any atom is 0.134 e. The maximum absolute atomic E-state index is 9.74. The van der Waals surface area contributed by atoms with Crippen LogP contribution in [0.15, 0.2) is 33.2 Å². The van der Waals surface area contributed by atoms with Crippen molar-refractivity contribution in [2.45, 2.75) is 50.8 Å². The van der Waals surface area contributed by atoms with E-state index in [1.54, 1.807) is 0 Å². The molecule has 4 heteroatoms. The van der Waals surface area contributed by atoms with Gasteiger partial charge in [-0.15, -0.1) is 0 Å². The van der Waals surface area contributed by atoms with E-state index in [0.717, 1.165) is 46.9 Å². The summed E-state index contributed by atoms with van der Waals surface area (Å²) in [6.07, 6.45) is 3.85. The molecule has 3 rings (SSSR count). The molecule has 108 valence electrons. The van der Waals surface area contributed by atoms with Gasteiger partial charge in [0.25, 0.3) is 0 Å². The van der Waals surface area contributed by atoms with Gasteiger partial charge in [-0.3, -0.25) is 0 Å². The van der Waals surface area contributed by atoms with E-state index >= 15 is 0 Å².